The van der Waals surface area contributed by atoms with Crippen molar-refractivity contribution in [2.45, 2.75) is 0 Å². The van der Waals surface area contributed by atoms with E-state index in [9.17, 15) is 4.79 Å². The predicted octanol–water partition coefficient (Wildman–Crippen LogP) is 1.22. The smallest absolute Gasteiger partial charge is 0.342 e. The van der Waals surface area contributed by atoms with Gasteiger partial charge in [0, 0.05) is 12.9 Å². The lowest BCUT2D eigenvalue weighted by Gasteiger charge is -2.15. The number of carbonyl (C=O) groups excluding carboxylic acids is 1. The van der Waals surface area contributed by atoms with Crippen molar-refractivity contribution < 1.29 is 14.3 Å². The molecule has 0 amide bonds. The minimum absolute atomic E-state index is 0.216. The van der Waals surface area contributed by atoms with Crippen molar-refractivity contribution in [1.29, 1.82) is 0 Å². The summed E-state index contributed by atoms with van der Waals surface area (Å²) in [5.74, 6) is 0.677. The second kappa shape index (κ2) is 5.09. The first-order valence-electron chi connectivity index (χ1n) is 4.02. The van der Waals surface area contributed by atoms with Crippen LogP contribution in [0.15, 0.2) is 22.5 Å². The molecule has 0 fully saturated rings. The molecule has 0 radical (unpaired) electrons. The summed E-state index contributed by atoms with van der Waals surface area (Å²) in [6.45, 7) is 0.685. The Morgan fingerprint density at radius 1 is 1.54 bits per heavy atom. The van der Waals surface area contributed by atoms with Crippen LogP contribution in [0.2, 0.25) is 0 Å². The Labute approximate surface area is 80.8 Å². The number of ether oxygens (including phenoxy) is 2. The van der Waals surface area contributed by atoms with Crippen LogP contribution in [0, 0.1) is 0 Å². The van der Waals surface area contributed by atoms with E-state index in [-0.39, 0.29) is 5.97 Å². The van der Waals surface area contributed by atoms with Gasteiger partial charge in [0.1, 0.15) is 0 Å². The van der Waals surface area contributed by atoms with Crippen molar-refractivity contribution in [2.24, 2.45) is 0 Å². The van der Waals surface area contributed by atoms with Crippen LogP contribution < -0.4 is 0 Å². The largest absolute Gasteiger partial charge is 0.465 e. The highest BCUT2D eigenvalue weighted by Gasteiger charge is 2.18. The van der Waals surface area contributed by atoms with Gasteiger partial charge < -0.3 is 9.47 Å². The maximum absolute atomic E-state index is 11.2. The molecule has 0 aromatic carbocycles. The van der Waals surface area contributed by atoms with Crippen LogP contribution in [0.4, 0.5) is 0 Å². The maximum atomic E-state index is 11.2. The molecule has 4 heteroatoms. The molecule has 13 heavy (non-hydrogen) atoms. The van der Waals surface area contributed by atoms with Crippen LogP contribution in [0.3, 0.4) is 0 Å². The summed E-state index contributed by atoms with van der Waals surface area (Å²) in [5, 5.41) is 2.06. The highest BCUT2D eigenvalue weighted by molar-refractivity contribution is 8.23. The fourth-order valence-corrected chi connectivity index (χ4v) is 2.92. The van der Waals surface area contributed by atoms with Crippen molar-refractivity contribution in [3.05, 3.63) is 22.5 Å². The topological polar surface area (TPSA) is 35.5 Å². The summed E-state index contributed by atoms with van der Waals surface area (Å²) in [7, 11) is 2.59. The fraction of sp³-hybridized carbons (Fsp3) is 0.444. The molecule has 1 unspecified atom stereocenters. The third kappa shape index (κ3) is 2.60. The molecule has 3 nitrogen and oxygen atoms in total. The van der Waals surface area contributed by atoms with Gasteiger partial charge >= 0.3 is 5.97 Å². The first-order valence-corrected chi connectivity index (χ1v) is 5.61. The fourth-order valence-electron chi connectivity index (χ4n) is 1.09. The summed E-state index contributed by atoms with van der Waals surface area (Å²) in [6.07, 6.45) is 3.74. The van der Waals surface area contributed by atoms with E-state index >= 15 is 0 Å². The van der Waals surface area contributed by atoms with Crippen molar-refractivity contribution >= 4 is 16.9 Å². The summed E-state index contributed by atoms with van der Waals surface area (Å²) in [6, 6.07) is 0. The van der Waals surface area contributed by atoms with E-state index in [1.165, 1.54) is 7.11 Å². The van der Waals surface area contributed by atoms with Gasteiger partial charge in [-0.2, -0.15) is 10.9 Å². The standard InChI is InChI=1S/C9H14O3S/c1-11-5-7-13-6-3-4-8(13)9(10)12-2/h3-4,6,13H,5,7H2,1-2H3. The van der Waals surface area contributed by atoms with E-state index in [1.54, 1.807) is 7.11 Å². The Hall–Kier alpha value is -0.740. The molecule has 1 rings (SSSR count). The zero-order chi connectivity index (χ0) is 9.68. The van der Waals surface area contributed by atoms with E-state index in [4.69, 9.17) is 4.74 Å². The predicted molar refractivity (Wildman–Crippen MR) is 55.0 cm³/mol. The Morgan fingerprint density at radius 2 is 2.31 bits per heavy atom. The molecule has 1 heterocycles. The quantitative estimate of drug-likeness (QED) is 0.550. The molecule has 74 valence electrons. The van der Waals surface area contributed by atoms with Gasteiger partial charge in [0.2, 0.25) is 0 Å². The maximum Gasteiger partial charge on any atom is 0.342 e. The van der Waals surface area contributed by atoms with Crippen LogP contribution in [-0.2, 0) is 14.3 Å². The van der Waals surface area contributed by atoms with Crippen molar-refractivity contribution in [1.82, 2.24) is 0 Å². The highest BCUT2D eigenvalue weighted by Crippen LogP contribution is 2.40. The van der Waals surface area contributed by atoms with Crippen LogP contribution in [0.1, 0.15) is 0 Å². The molecular formula is C9H14O3S. The molecule has 1 aliphatic rings. The number of hydrogen-bond donors (Lipinski definition) is 1. The third-order valence-electron chi connectivity index (χ3n) is 1.76. The summed E-state index contributed by atoms with van der Waals surface area (Å²) in [4.78, 5) is 12.0. The Kier molecular flexibility index (Phi) is 4.05. The van der Waals surface area contributed by atoms with Crippen molar-refractivity contribution in [3.63, 3.8) is 0 Å². The second-order valence-electron chi connectivity index (χ2n) is 2.57. The van der Waals surface area contributed by atoms with Crippen LogP contribution in [0.25, 0.3) is 0 Å². The zero-order valence-electron chi connectivity index (χ0n) is 7.82. The van der Waals surface area contributed by atoms with Crippen molar-refractivity contribution in [3.8, 4) is 0 Å². The third-order valence-corrected chi connectivity index (χ3v) is 3.91. The van der Waals surface area contributed by atoms with Gasteiger partial charge in [-0.15, -0.1) is 0 Å². The average Bonchev–Trinajstić information content (AvgIpc) is 2.61. The monoisotopic (exact) mass is 202 g/mol. The van der Waals surface area contributed by atoms with Gasteiger partial charge in [-0.05, 0) is 11.5 Å². The Bertz CT molecular complexity index is 245. The molecule has 0 saturated carbocycles. The van der Waals surface area contributed by atoms with Gasteiger partial charge in [-0.1, -0.05) is 6.08 Å². The number of methoxy groups -OCH3 is 2. The molecule has 0 N–H and O–H groups in total. The summed E-state index contributed by atoms with van der Waals surface area (Å²) < 4.78 is 9.64. The van der Waals surface area contributed by atoms with Gasteiger partial charge in [0.05, 0.1) is 18.6 Å². The average molecular weight is 202 g/mol. The summed E-state index contributed by atoms with van der Waals surface area (Å²) in [5.41, 5.74) is 0. The van der Waals surface area contributed by atoms with Crippen LogP contribution >= 0.6 is 10.9 Å². The molecule has 0 spiro atoms. The van der Waals surface area contributed by atoms with Gasteiger partial charge in [-0.3, -0.25) is 0 Å². The van der Waals surface area contributed by atoms with E-state index in [2.05, 4.69) is 10.1 Å². The van der Waals surface area contributed by atoms with Crippen LogP contribution in [-0.4, -0.2) is 32.5 Å². The summed E-state index contributed by atoms with van der Waals surface area (Å²) >= 11 is 0. The SMILES string of the molecule is COCC[SH]1C=CC=C1C(=O)OC. The number of rotatable bonds is 4. The highest BCUT2D eigenvalue weighted by atomic mass is 32.2. The van der Waals surface area contributed by atoms with Crippen LogP contribution in [0.5, 0.6) is 0 Å². The number of hydrogen-bond acceptors (Lipinski definition) is 3. The first-order chi connectivity index (χ1) is 6.29. The van der Waals surface area contributed by atoms with E-state index in [1.807, 2.05) is 12.2 Å². The number of carbonyl (C=O) groups is 1. The molecule has 0 aromatic heterocycles. The molecule has 0 aliphatic carbocycles. The van der Waals surface area contributed by atoms with Gasteiger partial charge in [0.15, 0.2) is 0 Å². The number of allylic oxidation sites excluding steroid dienone is 2. The minimum atomic E-state index is -0.479. The first kappa shape index (κ1) is 10.3. The van der Waals surface area contributed by atoms with E-state index in [0.717, 1.165) is 10.7 Å². The second-order valence-corrected chi connectivity index (χ2v) is 4.74. The molecule has 0 aromatic rings. The Balaban J connectivity index is 2.51. The van der Waals surface area contributed by atoms with Gasteiger partial charge in [-0.25, -0.2) is 4.79 Å². The minimum Gasteiger partial charge on any atom is -0.465 e. The normalized spacial score (nSPS) is 22.9. The lowest BCUT2D eigenvalue weighted by Crippen LogP contribution is -2.06. The molecule has 1 atom stereocenters. The lowest BCUT2D eigenvalue weighted by molar-refractivity contribution is -0.135. The molecule has 0 saturated heterocycles. The van der Waals surface area contributed by atoms with Crippen molar-refractivity contribution in [2.75, 3.05) is 26.6 Å². The zero-order valence-corrected chi connectivity index (χ0v) is 8.71. The van der Waals surface area contributed by atoms with Gasteiger partial charge in [0.25, 0.3) is 0 Å². The van der Waals surface area contributed by atoms with E-state index in [0.29, 0.717) is 6.61 Å². The molecule has 0 bridgehead atoms. The number of thiol groups is 1. The van der Waals surface area contributed by atoms with E-state index < -0.39 is 10.9 Å². The molecular weight excluding hydrogens is 188 g/mol. The lowest BCUT2D eigenvalue weighted by atomic mass is 10.5. The Morgan fingerprint density at radius 3 is 2.92 bits per heavy atom. The number of esters is 1. The molecule has 1 aliphatic heterocycles.